The van der Waals surface area contributed by atoms with Gasteiger partial charge < -0.3 is 0 Å². The van der Waals surface area contributed by atoms with Gasteiger partial charge in [-0.25, -0.2) is 0 Å². The van der Waals surface area contributed by atoms with Crippen LogP contribution in [0.15, 0.2) is 91.8 Å². The summed E-state index contributed by atoms with van der Waals surface area (Å²) >= 11 is -1.62. The zero-order valence-electron chi connectivity index (χ0n) is 11.5. The standard InChI is InChI=1S/3C5H5N.3ClH.Cr/c3*1-2-4-6-5-3-1;;;;/h3*1-5H;3*1H;/q;;;;;;+3/p-3. The van der Waals surface area contributed by atoms with Gasteiger partial charge in [0.2, 0.25) is 0 Å². The molecule has 0 unspecified atom stereocenters. The van der Waals surface area contributed by atoms with E-state index in [-0.39, 0.29) is 0 Å². The molecule has 3 aromatic heterocycles. The summed E-state index contributed by atoms with van der Waals surface area (Å²) in [6, 6.07) is 17.1. The minimum Gasteiger partial charge on any atom is -0.265 e. The van der Waals surface area contributed by atoms with E-state index in [1.54, 1.807) is 37.2 Å². The molecule has 0 aromatic carbocycles. The van der Waals surface area contributed by atoms with E-state index in [9.17, 15) is 0 Å². The smallest absolute Gasteiger partial charge is 0.0267 e. The van der Waals surface area contributed by atoms with Gasteiger partial charge in [0.1, 0.15) is 0 Å². The number of hydrogen-bond acceptors (Lipinski definition) is 3. The zero-order valence-corrected chi connectivity index (χ0v) is 15.1. The maximum absolute atomic E-state index is 4.93. The fourth-order valence-electron chi connectivity index (χ4n) is 0.938. The molecule has 0 aliphatic rings. The molecule has 3 heterocycles. The first-order valence-corrected chi connectivity index (χ1v) is 11.3. The topological polar surface area (TPSA) is 38.7 Å². The van der Waals surface area contributed by atoms with Crippen molar-refractivity contribution in [3.63, 3.8) is 0 Å². The van der Waals surface area contributed by atoms with Crippen LogP contribution in [-0.2, 0) is 11.4 Å². The minimum atomic E-state index is -1.62. The molecule has 0 saturated heterocycles. The first-order chi connectivity index (χ1) is 10.7. The van der Waals surface area contributed by atoms with Gasteiger partial charge in [0.15, 0.2) is 0 Å². The van der Waals surface area contributed by atoms with Gasteiger partial charge in [0.25, 0.3) is 0 Å². The van der Waals surface area contributed by atoms with Gasteiger partial charge in [0, 0.05) is 37.2 Å². The van der Waals surface area contributed by atoms with E-state index in [2.05, 4.69) is 15.0 Å². The van der Waals surface area contributed by atoms with E-state index in [0.717, 1.165) is 0 Å². The van der Waals surface area contributed by atoms with Crippen LogP contribution >= 0.6 is 30.1 Å². The molecule has 0 bridgehead atoms. The van der Waals surface area contributed by atoms with Gasteiger partial charge in [0.05, 0.1) is 0 Å². The molecule has 3 rings (SSSR count). The molecule has 117 valence electrons. The third-order valence-corrected chi connectivity index (χ3v) is 1.70. The Morgan fingerprint density at radius 1 is 0.409 bits per heavy atom. The number of rotatable bonds is 0. The molecule has 0 fully saturated rings. The molecular weight excluding hydrogens is 381 g/mol. The van der Waals surface area contributed by atoms with Crippen molar-refractivity contribution in [3.05, 3.63) is 91.8 Å². The van der Waals surface area contributed by atoms with Crippen LogP contribution in [-0.4, -0.2) is 15.0 Å². The molecule has 0 aliphatic heterocycles. The summed E-state index contributed by atoms with van der Waals surface area (Å²) in [5.41, 5.74) is 0. The first kappa shape index (κ1) is 20.9. The Kier molecular flexibility index (Phi) is 17.0. The van der Waals surface area contributed by atoms with Gasteiger partial charge in [-0.1, -0.05) is 18.2 Å². The van der Waals surface area contributed by atoms with E-state index in [1.807, 2.05) is 54.6 Å². The zero-order chi connectivity index (χ0) is 16.3. The largest absolute Gasteiger partial charge is 0.265 e. The summed E-state index contributed by atoms with van der Waals surface area (Å²) < 4.78 is 0. The summed E-state index contributed by atoms with van der Waals surface area (Å²) in [5.74, 6) is 0. The van der Waals surface area contributed by atoms with Crippen molar-refractivity contribution in [3.8, 4) is 0 Å². The van der Waals surface area contributed by atoms with Gasteiger partial charge in [-0.15, -0.1) is 0 Å². The van der Waals surface area contributed by atoms with Gasteiger partial charge >= 0.3 is 41.5 Å². The molecule has 22 heavy (non-hydrogen) atoms. The second-order valence-electron chi connectivity index (χ2n) is 3.25. The predicted molar refractivity (Wildman–Crippen MR) is 90.3 cm³/mol. The fraction of sp³-hybridized carbons (Fsp3) is 0. The Morgan fingerprint density at radius 3 is 0.636 bits per heavy atom. The van der Waals surface area contributed by atoms with E-state index in [1.165, 1.54) is 0 Å². The average Bonchev–Trinajstić information content (AvgIpc) is 2.60. The van der Waals surface area contributed by atoms with Crippen LogP contribution in [0.5, 0.6) is 0 Å². The predicted octanol–water partition coefficient (Wildman–Crippen LogP) is 5.31. The van der Waals surface area contributed by atoms with Gasteiger partial charge in [-0.05, 0) is 36.4 Å². The quantitative estimate of drug-likeness (QED) is 0.518. The van der Waals surface area contributed by atoms with Crippen molar-refractivity contribution >= 4 is 30.1 Å². The van der Waals surface area contributed by atoms with E-state index in [0.29, 0.717) is 0 Å². The number of hydrogen-bond donors (Lipinski definition) is 0. The van der Waals surface area contributed by atoms with E-state index in [4.69, 9.17) is 30.1 Å². The number of pyridine rings is 3. The Bertz CT molecular complexity index is 358. The number of halogens is 3. The number of aromatic nitrogens is 3. The third-order valence-electron chi connectivity index (χ3n) is 1.70. The Labute approximate surface area is 147 Å². The fourth-order valence-corrected chi connectivity index (χ4v) is 0.938. The second-order valence-corrected chi connectivity index (χ2v) is 9.57. The van der Waals surface area contributed by atoms with Crippen molar-refractivity contribution in [2.45, 2.75) is 0 Å². The monoisotopic (exact) mass is 394 g/mol. The SMILES string of the molecule is [Cl][Cr]([Cl])[Cl].c1ccncc1.c1ccncc1.c1ccncc1. The van der Waals surface area contributed by atoms with Crippen molar-refractivity contribution < 1.29 is 11.4 Å². The Morgan fingerprint density at radius 2 is 0.591 bits per heavy atom. The van der Waals surface area contributed by atoms with E-state index < -0.39 is 11.4 Å². The molecule has 0 aliphatic carbocycles. The maximum Gasteiger partial charge on any atom is 0.0267 e. The number of nitrogens with zero attached hydrogens (tertiary/aromatic N) is 3. The molecule has 0 spiro atoms. The van der Waals surface area contributed by atoms with Crippen LogP contribution in [0.4, 0.5) is 0 Å². The molecule has 7 heteroatoms. The van der Waals surface area contributed by atoms with Crippen LogP contribution in [0.25, 0.3) is 0 Å². The molecule has 3 nitrogen and oxygen atoms in total. The molecule has 0 atom stereocenters. The summed E-state index contributed by atoms with van der Waals surface area (Å²) in [5, 5.41) is 0. The minimum absolute atomic E-state index is 1.62. The molecule has 3 aromatic rings. The summed E-state index contributed by atoms with van der Waals surface area (Å²) in [7, 11) is 14.8. The van der Waals surface area contributed by atoms with Gasteiger partial charge in [-0.3, -0.25) is 15.0 Å². The molecule has 0 amide bonds. The van der Waals surface area contributed by atoms with Crippen LogP contribution in [0.1, 0.15) is 0 Å². The Balaban J connectivity index is 0.000000271. The van der Waals surface area contributed by atoms with E-state index >= 15 is 0 Å². The summed E-state index contributed by atoms with van der Waals surface area (Å²) in [6.07, 6.45) is 10.5. The summed E-state index contributed by atoms with van der Waals surface area (Å²) in [4.78, 5) is 11.4. The molecule has 0 radical (unpaired) electrons. The van der Waals surface area contributed by atoms with Crippen molar-refractivity contribution in [1.82, 2.24) is 15.0 Å². The van der Waals surface area contributed by atoms with Gasteiger partial charge in [-0.2, -0.15) is 0 Å². The first-order valence-electron chi connectivity index (χ1n) is 6.01. The molecule has 0 N–H and O–H groups in total. The summed E-state index contributed by atoms with van der Waals surface area (Å²) in [6.45, 7) is 0. The van der Waals surface area contributed by atoms with Crippen molar-refractivity contribution in [2.24, 2.45) is 0 Å². The van der Waals surface area contributed by atoms with Crippen molar-refractivity contribution in [2.75, 3.05) is 0 Å². The maximum atomic E-state index is 4.93. The average molecular weight is 396 g/mol. The van der Waals surface area contributed by atoms with Crippen LogP contribution < -0.4 is 0 Å². The van der Waals surface area contributed by atoms with Crippen molar-refractivity contribution in [1.29, 1.82) is 0 Å². The third kappa shape index (κ3) is 21.2. The van der Waals surface area contributed by atoms with Crippen LogP contribution in [0.3, 0.4) is 0 Å². The Hall–Kier alpha value is -1.15. The second kappa shape index (κ2) is 17.9. The van der Waals surface area contributed by atoms with Crippen LogP contribution in [0.2, 0.25) is 0 Å². The molecule has 0 saturated carbocycles. The van der Waals surface area contributed by atoms with Crippen LogP contribution in [0, 0.1) is 0 Å². The normalized spacial score (nSPS) is 8.18. The molecular formula is C15H15Cl3CrN3.